The molecule has 2 aromatic heterocycles. The first kappa shape index (κ1) is 15.7. The lowest BCUT2D eigenvalue weighted by Crippen LogP contribution is -2.04. The summed E-state index contributed by atoms with van der Waals surface area (Å²) >= 11 is 0. The number of aromatic nitrogens is 3. The van der Waals surface area contributed by atoms with Gasteiger partial charge in [0.05, 0.1) is 7.11 Å². The molecule has 0 spiro atoms. The number of hydrogen-bond acceptors (Lipinski definition) is 6. The van der Waals surface area contributed by atoms with Crippen LogP contribution in [0, 0.1) is 0 Å². The van der Waals surface area contributed by atoms with Gasteiger partial charge in [0.15, 0.2) is 11.5 Å². The number of nitrogens with one attached hydrogen (secondary N) is 1. The van der Waals surface area contributed by atoms with Crippen molar-refractivity contribution in [2.45, 2.75) is 13.2 Å². The maximum absolute atomic E-state index is 5.83. The van der Waals surface area contributed by atoms with E-state index in [0.717, 1.165) is 11.1 Å². The third-order valence-electron chi connectivity index (χ3n) is 3.39. The normalized spacial score (nSPS) is 10.2. The summed E-state index contributed by atoms with van der Waals surface area (Å²) in [7, 11) is 1.63. The number of nitrogens with zero attached hydrogens (tertiary/aromatic N) is 3. The SMILES string of the molecule is COc1cc(CNc2ncccn2)ccc1OCc1ccncc1. The summed E-state index contributed by atoms with van der Waals surface area (Å²) in [6.45, 7) is 1.07. The lowest BCUT2D eigenvalue weighted by Gasteiger charge is -2.12. The molecule has 0 aliphatic rings. The van der Waals surface area contributed by atoms with Crippen LogP contribution in [0.1, 0.15) is 11.1 Å². The van der Waals surface area contributed by atoms with E-state index < -0.39 is 0 Å². The van der Waals surface area contributed by atoms with Gasteiger partial charge in [0, 0.05) is 31.3 Å². The highest BCUT2D eigenvalue weighted by Crippen LogP contribution is 2.29. The van der Waals surface area contributed by atoms with Gasteiger partial charge in [-0.15, -0.1) is 0 Å². The van der Waals surface area contributed by atoms with Crippen LogP contribution in [-0.4, -0.2) is 22.1 Å². The van der Waals surface area contributed by atoms with Crippen molar-refractivity contribution in [3.8, 4) is 11.5 Å². The maximum Gasteiger partial charge on any atom is 0.222 e. The molecule has 0 bridgehead atoms. The molecule has 0 atom stereocenters. The number of anilines is 1. The molecule has 0 unspecified atom stereocenters. The summed E-state index contributed by atoms with van der Waals surface area (Å²) in [5.74, 6) is 1.99. The monoisotopic (exact) mass is 322 g/mol. The van der Waals surface area contributed by atoms with E-state index in [2.05, 4.69) is 20.3 Å². The van der Waals surface area contributed by atoms with E-state index in [-0.39, 0.29) is 0 Å². The van der Waals surface area contributed by atoms with E-state index in [0.29, 0.717) is 30.6 Å². The Morgan fingerprint density at radius 3 is 2.46 bits per heavy atom. The van der Waals surface area contributed by atoms with Crippen molar-refractivity contribution >= 4 is 5.95 Å². The van der Waals surface area contributed by atoms with Crippen LogP contribution in [0.15, 0.2) is 61.2 Å². The van der Waals surface area contributed by atoms with Crippen molar-refractivity contribution < 1.29 is 9.47 Å². The third kappa shape index (κ3) is 4.19. The fraction of sp³-hybridized carbons (Fsp3) is 0.167. The summed E-state index contributed by atoms with van der Waals surface area (Å²) in [6, 6.07) is 11.5. The average Bonchev–Trinajstić information content (AvgIpc) is 2.66. The van der Waals surface area contributed by atoms with E-state index in [1.54, 1.807) is 38.0 Å². The van der Waals surface area contributed by atoms with Crippen LogP contribution >= 0.6 is 0 Å². The molecule has 24 heavy (non-hydrogen) atoms. The van der Waals surface area contributed by atoms with Crippen LogP contribution in [0.25, 0.3) is 0 Å². The molecular weight excluding hydrogens is 304 g/mol. The highest BCUT2D eigenvalue weighted by Gasteiger charge is 2.07. The largest absolute Gasteiger partial charge is 0.493 e. The van der Waals surface area contributed by atoms with Crippen LogP contribution in [0.4, 0.5) is 5.95 Å². The quantitative estimate of drug-likeness (QED) is 0.721. The molecule has 122 valence electrons. The van der Waals surface area contributed by atoms with Crippen molar-refractivity contribution in [2.75, 3.05) is 12.4 Å². The summed E-state index contributed by atoms with van der Waals surface area (Å²) in [5, 5.41) is 3.16. The second-order valence-corrected chi connectivity index (χ2v) is 5.06. The summed E-state index contributed by atoms with van der Waals surface area (Å²) < 4.78 is 11.3. The van der Waals surface area contributed by atoms with Gasteiger partial charge < -0.3 is 14.8 Å². The number of rotatable bonds is 7. The predicted molar refractivity (Wildman–Crippen MR) is 90.9 cm³/mol. The Hall–Kier alpha value is -3.15. The van der Waals surface area contributed by atoms with Gasteiger partial charge in [0.25, 0.3) is 0 Å². The van der Waals surface area contributed by atoms with Gasteiger partial charge in [-0.2, -0.15) is 0 Å². The predicted octanol–water partition coefficient (Wildman–Crippen LogP) is 3.07. The average molecular weight is 322 g/mol. The molecular formula is C18H18N4O2. The standard InChI is InChI=1S/C18H18N4O2/c1-23-17-11-15(12-22-18-20-7-2-8-21-18)3-4-16(17)24-13-14-5-9-19-10-6-14/h2-11H,12-13H2,1H3,(H,20,21,22). The van der Waals surface area contributed by atoms with Crippen LogP contribution in [0.2, 0.25) is 0 Å². The van der Waals surface area contributed by atoms with Crippen LogP contribution in [0.5, 0.6) is 11.5 Å². The van der Waals surface area contributed by atoms with Crippen molar-refractivity contribution in [3.05, 3.63) is 72.3 Å². The molecule has 3 aromatic rings. The number of benzene rings is 1. The molecule has 0 saturated heterocycles. The Labute approximate surface area is 140 Å². The third-order valence-corrected chi connectivity index (χ3v) is 3.39. The van der Waals surface area contributed by atoms with Gasteiger partial charge in [-0.05, 0) is 41.5 Å². The van der Waals surface area contributed by atoms with Crippen LogP contribution in [0.3, 0.4) is 0 Å². The Balaban J connectivity index is 1.64. The first-order valence-electron chi connectivity index (χ1n) is 7.54. The lowest BCUT2D eigenvalue weighted by molar-refractivity contribution is 0.284. The topological polar surface area (TPSA) is 69.2 Å². The van der Waals surface area contributed by atoms with Crippen molar-refractivity contribution in [2.24, 2.45) is 0 Å². The second-order valence-electron chi connectivity index (χ2n) is 5.06. The molecule has 0 aliphatic carbocycles. The maximum atomic E-state index is 5.83. The first-order valence-corrected chi connectivity index (χ1v) is 7.54. The van der Waals surface area contributed by atoms with Gasteiger partial charge >= 0.3 is 0 Å². The summed E-state index contributed by atoms with van der Waals surface area (Å²) in [4.78, 5) is 12.3. The molecule has 0 amide bonds. The van der Waals surface area contributed by atoms with Gasteiger partial charge in [-0.25, -0.2) is 9.97 Å². The fourth-order valence-corrected chi connectivity index (χ4v) is 2.15. The molecule has 0 aliphatic heterocycles. The zero-order valence-electron chi connectivity index (χ0n) is 13.3. The Morgan fingerprint density at radius 1 is 0.917 bits per heavy atom. The Bertz CT molecular complexity index is 766. The van der Waals surface area contributed by atoms with Gasteiger partial charge in [0.1, 0.15) is 6.61 Å². The van der Waals surface area contributed by atoms with E-state index in [4.69, 9.17) is 9.47 Å². The number of methoxy groups -OCH3 is 1. The number of pyridine rings is 1. The molecule has 1 aromatic carbocycles. The van der Waals surface area contributed by atoms with E-state index in [1.807, 2.05) is 30.3 Å². The molecule has 0 saturated carbocycles. The Morgan fingerprint density at radius 2 is 1.71 bits per heavy atom. The van der Waals surface area contributed by atoms with Crippen molar-refractivity contribution in [1.82, 2.24) is 15.0 Å². The summed E-state index contributed by atoms with van der Waals surface area (Å²) in [5.41, 5.74) is 2.11. The molecule has 0 radical (unpaired) electrons. The van der Waals surface area contributed by atoms with Crippen LogP contribution in [-0.2, 0) is 13.2 Å². The zero-order valence-corrected chi connectivity index (χ0v) is 13.3. The zero-order chi connectivity index (χ0) is 16.6. The molecule has 6 heteroatoms. The molecule has 3 rings (SSSR count). The van der Waals surface area contributed by atoms with E-state index in [1.165, 1.54) is 0 Å². The molecule has 1 N–H and O–H groups in total. The van der Waals surface area contributed by atoms with Crippen LogP contribution < -0.4 is 14.8 Å². The number of ether oxygens (including phenoxy) is 2. The molecule has 0 fully saturated rings. The van der Waals surface area contributed by atoms with Gasteiger partial charge in [-0.1, -0.05) is 6.07 Å². The highest BCUT2D eigenvalue weighted by molar-refractivity contribution is 5.44. The smallest absolute Gasteiger partial charge is 0.222 e. The van der Waals surface area contributed by atoms with Crippen molar-refractivity contribution in [3.63, 3.8) is 0 Å². The molecule has 2 heterocycles. The fourth-order valence-electron chi connectivity index (χ4n) is 2.15. The van der Waals surface area contributed by atoms with Gasteiger partial charge in [-0.3, -0.25) is 4.98 Å². The minimum atomic E-state index is 0.467. The molecule has 6 nitrogen and oxygen atoms in total. The minimum Gasteiger partial charge on any atom is -0.493 e. The first-order chi connectivity index (χ1) is 11.8. The summed E-state index contributed by atoms with van der Waals surface area (Å²) in [6.07, 6.45) is 6.89. The highest BCUT2D eigenvalue weighted by atomic mass is 16.5. The lowest BCUT2D eigenvalue weighted by atomic mass is 10.2. The van der Waals surface area contributed by atoms with E-state index in [9.17, 15) is 0 Å². The van der Waals surface area contributed by atoms with E-state index >= 15 is 0 Å². The van der Waals surface area contributed by atoms with Crippen molar-refractivity contribution in [1.29, 1.82) is 0 Å². The minimum absolute atomic E-state index is 0.467. The Kier molecular flexibility index (Phi) is 5.19. The second kappa shape index (κ2) is 7.92. The number of hydrogen-bond donors (Lipinski definition) is 1. The van der Waals surface area contributed by atoms with Gasteiger partial charge in [0.2, 0.25) is 5.95 Å².